The van der Waals surface area contributed by atoms with Gasteiger partial charge in [-0.15, -0.1) is 0 Å². The van der Waals surface area contributed by atoms with E-state index in [1.807, 2.05) is 24.3 Å². The molecule has 0 radical (unpaired) electrons. The number of anilines is 1. The van der Waals surface area contributed by atoms with Crippen molar-refractivity contribution in [3.8, 4) is 5.75 Å². The summed E-state index contributed by atoms with van der Waals surface area (Å²) >= 11 is 0. The fourth-order valence-electron chi connectivity index (χ4n) is 1.81. The zero-order chi connectivity index (χ0) is 13.7. The van der Waals surface area contributed by atoms with Crippen molar-refractivity contribution in [1.82, 2.24) is 4.98 Å². The number of hydrazine groups is 1. The number of nitrogens with two attached hydrogens (primary N) is 1. The second kappa shape index (κ2) is 6.20. The van der Waals surface area contributed by atoms with Crippen molar-refractivity contribution >= 4 is 5.82 Å². The van der Waals surface area contributed by atoms with Gasteiger partial charge in [-0.3, -0.25) is 0 Å². The first kappa shape index (κ1) is 13.4. The van der Waals surface area contributed by atoms with E-state index in [1.165, 1.54) is 5.56 Å². The molecule has 2 rings (SSSR count). The van der Waals surface area contributed by atoms with Gasteiger partial charge in [0.2, 0.25) is 0 Å². The quantitative estimate of drug-likeness (QED) is 0.638. The Balaban J connectivity index is 2.08. The van der Waals surface area contributed by atoms with E-state index in [0.717, 1.165) is 11.3 Å². The third kappa shape index (κ3) is 3.45. The van der Waals surface area contributed by atoms with E-state index in [-0.39, 0.29) is 0 Å². The van der Waals surface area contributed by atoms with E-state index in [0.29, 0.717) is 18.3 Å². The average molecular weight is 257 g/mol. The number of hydrogen-bond donors (Lipinski definition) is 2. The normalized spacial score (nSPS) is 10.5. The molecule has 1 aromatic carbocycles. The van der Waals surface area contributed by atoms with Crippen molar-refractivity contribution in [2.75, 3.05) is 5.43 Å². The molecule has 1 aromatic heterocycles. The van der Waals surface area contributed by atoms with Crippen molar-refractivity contribution in [1.29, 1.82) is 0 Å². The minimum absolute atomic E-state index is 0.439. The van der Waals surface area contributed by atoms with Gasteiger partial charge in [0.15, 0.2) is 0 Å². The van der Waals surface area contributed by atoms with Crippen molar-refractivity contribution in [3.05, 3.63) is 53.7 Å². The molecule has 0 amide bonds. The van der Waals surface area contributed by atoms with E-state index in [2.05, 4.69) is 36.4 Å². The van der Waals surface area contributed by atoms with Crippen LogP contribution in [0.2, 0.25) is 0 Å². The molecule has 0 aliphatic rings. The monoisotopic (exact) mass is 257 g/mol. The van der Waals surface area contributed by atoms with Gasteiger partial charge in [-0.25, -0.2) is 10.8 Å². The number of aromatic nitrogens is 1. The van der Waals surface area contributed by atoms with Crippen molar-refractivity contribution in [2.45, 2.75) is 26.4 Å². The fourth-order valence-corrected chi connectivity index (χ4v) is 1.81. The number of nitrogens with zero attached hydrogens (tertiary/aromatic N) is 1. The van der Waals surface area contributed by atoms with Crippen LogP contribution in [0.5, 0.6) is 5.75 Å². The Morgan fingerprint density at radius 2 is 2.11 bits per heavy atom. The number of benzene rings is 1. The van der Waals surface area contributed by atoms with Gasteiger partial charge in [-0.05, 0) is 29.7 Å². The molecule has 2 aromatic rings. The summed E-state index contributed by atoms with van der Waals surface area (Å²) in [7, 11) is 0. The van der Waals surface area contributed by atoms with Gasteiger partial charge in [0.05, 0.1) is 0 Å². The summed E-state index contributed by atoms with van der Waals surface area (Å²) in [5.41, 5.74) is 4.77. The van der Waals surface area contributed by atoms with Crippen LogP contribution < -0.4 is 16.0 Å². The zero-order valence-electron chi connectivity index (χ0n) is 11.3. The second-order valence-corrected chi connectivity index (χ2v) is 4.67. The van der Waals surface area contributed by atoms with Crippen LogP contribution in [0.15, 0.2) is 42.6 Å². The van der Waals surface area contributed by atoms with Gasteiger partial charge in [-0.2, -0.15) is 0 Å². The number of nitrogens with one attached hydrogen (secondary N) is 1. The second-order valence-electron chi connectivity index (χ2n) is 4.67. The van der Waals surface area contributed by atoms with E-state index >= 15 is 0 Å². The minimum Gasteiger partial charge on any atom is -0.489 e. The molecule has 1 heterocycles. The predicted molar refractivity (Wildman–Crippen MR) is 76.9 cm³/mol. The van der Waals surface area contributed by atoms with E-state index in [9.17, 15) is 0 Å². The molecule has 4 nitrogen and oxygen atoms in total. The van der Waals surface area contributed by atoms with Crippen LogP contribution in [0.25, 0.3) is 0 Å². The lowest BCUT2D eigenvalue weighted by Crippen LogP contribution is -2.12. The maximum atomic E-state index is 5.79. The van der Waals surface area contributed by atoms with Crippen LogP contribution in [0, 0.1) is 0 Å². The van der Waals surface area contributed by atoms with Crippen molar-refractivity contribution in [3.63, 3.8) is 0 Å². The van der Waals surface area contributed by atoms with Crippen molar-refractivity contribution in [2.24, 2.45) is 5.84 Å². The Bertz CT molecular complexity index is 540. The molecule has 0 atom stereocenters. The molecule has 0 saturated heterocycles. The van der Waals surface area contributed by atoms with Crippen LogP contribution in [0.1, 0.15) is 30.9 Å². The SMILES string of the molecule is CC(C)c1cccc(OCc2cccnc2NN)c1. The lowest BCUT2D eigenvalue weighted by molar-refractivity contribution is 0.306. The molecule has 19 heavy (non-hydrogen) atoms. The zero-order valence-corrected chi connectivity index (χ0v) is 11.3. The number of nitrogen functional groups attached to an aromatic ring is 1. The highest BCUT2D eigenvalue weighted by Crippen LogP contribution is 2.21. The van der Waals surface area contributed by atoms with Crippen LogP contribution in [-0.2, 0) is 6.61 Å². The van der Waals surface area contributed by atoms with E-state index < -0.39 is 0 Å². The van der Waals surface area contributed by atoms with Gasteiger partial charge < -0.3 is 10.2 Å². The van der Waals surface area contributed by atoms with Gasteiger partial charge >= 0.3 is 0 Å². The number of hydrogen-bond acceptors (Lipinski definition) is 4. The summed E-state index contributed by atoms with van der Waals surface area (Å²) in [6.45, 7) is 4.77. The first-order valence-corrected chi connectivity index (χ1v) is 6.34. The molecule has 0 fully saturated rings. The minimum atomic E-state index is 0.439. The van der Waals surface area contributed by atoms with Crippen LogP contribution in [0.3, 0.4) is 0 Å². The smallest absolute Gasteiger partial charge is 0.146 e. The molecule has 4 heteroatoms. The molecule has 0 unspecified atom stereocenters. The molecule has 0 spiro atoms. The van der Waals surface area contributed by atoms with Gasteiger partial charge in [0, 0.05) is 11.8 Å². The highest BCUT2D eigenvalue weighted by atomic mass is 16.5. The maximum absolute atomic E-state index is 5.79. The van der Waals surface area contributed by atoms with E-state index in [1.54, 1.807) is 6.20 Å². The third-order valence-electron chi connectivity index (χ3n) is 2.95. The number of rotatable bonds is 5. The van der Waals surface area contributed by atoms with E-state index in [4.69, 9.17) is 10.6 Å². The summed E-state index contributed by atoms with van der Waals surface area (Å²) in [5, 5.41) is 0. The standard InChI is InChI=1S/C15H19N3O/c1-11(2)12-5-3-7-14(9-12)19-10-13-6-4-8-17-15(13)18-16/h3-9,11H,10,16H2,1-2H3,(H,17,18). The van der Waals surface area contributed by atoms with Crippen LogP contribution in [0.4, 0.5) is 5.82 Å². The highest BCUT2D eigenvalue weighted by Gasteiger charge is 2.04. The summed E-state index contributed by atoms with van der Waals surface area (Å²) in [4.78, 5) is 4.14. The Hall–Kier alpha value is -2.07. The lowest BCUT2D eigenvalue weighted by Gasteiger charge is -2.11. The summed E-state index contributed by atoms with van der Waals surface area (Å²) in [5.74, 6) is 7.40. The van der Waals surface area contributed by atoms with Crippen LogP contribution >= 0.6 is 0 Å². The summed E-state index contributed by atoms with van der Waals surface area (Å²) in [6, 6.07) is 11.9. The van der Waals surface area contributed by atoms with Crippen molar-refractivity contribution < 1.29 is 4.74 Å². The summed E-state index contributed by atoms with van der Waals surface area (Å²) < 4.78 is 5.79. The first-order chi connectivity index (χ1) is 9.20. The molecular formula is C15H19N3O. The predicted octanol–water partition coefficient (Wildman–Crippen LogP) is 3.07. The van der Waals surface area contributed by atoms with Crippen LogP contribution in [-0.4, -0.2) is 4.98 Å². The first-order valence-electron chi connectivity index (χ1n) is 6.34. The average Bonchev–Trinajstić information content (AvgIpc) is 2.45. The molecule has 3 N–H and O–H groups in total. The van der Waals surface area contributed by atoms with Gasteiger partial charge in [0.1, 0.15) is 18.2 Å². The Labute approximate surface area is 113 Å². The van der Waals surface area contributed by atoms with Gasteiger partial charge in [0.25, 0.3) is 0 Å². The third-order valence-corrected chi connectivity index (χ3v) is 2.95. The maximum Gasteiger partial charge on any atom is 0.146 e. The molecular weight excluding hydrogens is 238 g/mol. The molecule has 0 saturated carbocycles. The van der Waals surface area contributed by atoms with Gasteiger partial charge in [-0.1, -0.05) is 32.0 Å². The Morgan fingerprint density at radius 3 is 2.84 bits per heavy atom. The highest BCUT2D eigenvalue weighted by molar-refractivity contribution is 5.42. The molecule has 0 aliphatic carbocycles. The fraction of sp³-hybridized carbons (Fsp3) is 0.267. The summed E-state index contributed by atoms with van der Waals surface area (Å²) in [6.07, 6.45) is 1.69. The Morgan fingerprint density at radius 1 is 1.26 bits per heavy atom. The number of pyridine rings is 1. The molecule has 100 valence electrons. The topological polar surface area (TPSA) is 60.2 Å². The largest absolute Gasteiger partial charge is 0.489 e. The Kier molecular flexibility index (Phi) is 4.36. The molecule has 0 bridgehead atoms. The number of ether oxygens (including phenoxy) is 1. The molecule has 0 aliphatic heterocycles. The lowest BCUT2D eigenvalue weighted by atomic mass is 10.0.